The summed E-state index contributed by atoms with van der Waals surface area (Å²) in [6.07, 6.45) is -0.862. The minimum absolute atomic E-state index is 0.00312. The Labute approximate surface area is 110 Å². The number of hydrogen-bond acceptors (Lipinski definition) is 5. The van der Waals surface area contributed by atoms with E-state index >= 15 is 0 Å². The molecular weight excluding hydrogens is 256 g/mol. The number of esters is 1. The topological polar surface area (TPSA) is 107 Å². The number of urea groups is 1. The van der Waals surface area contributed by atoms with E-state index in [1.165, 1.54) is 12.0 Å². The number of β-amino-alcohol motifs (C(OH)–C–C–N with tert-alkyl or cyclic N) is 1. The maximum Gasteiger partial charge on any atom is 0.326 e. The fourth-order valence-corrected chi connectivity index (χ4v) is 1.98. The summed E-state index contributed by atoms with van der Waals surface area (Å²) in [5, 5.41) is 18.5. The number of likely N-dealkylation sites (tertiary alicyclic amines) is 1. The molecule has 8 nitrogen and oxygen atoms in total. The zero-order valence-corrected chi connectivity index (χ0v) is 10.9. The fraction of sp³-hybridized carbons (Fsp3) is 0.727. The molecule has 1 aliphatic heterocycles. The Bertz CT molecular complexity index is 372. The van der Waals surface area contributed by atoms with E-state index in [4.69, 9.17) is 5.11 Å². The lowest BCUT2D eigenvalue weighted by molar-refractivity contribution is -0.141. The first-order valence-electron chi connectivity index (χ1n) is 5.93. The van der Waals surface area contributed by atoms with Crippen molar-refractivity contribution in [1.82, 2.24) is 9.80 Å². The van der Waals surface area contributed by atoms with Crippen LogP contribution in [-0.4, -0.2) is 76.9 Å². The van der Waals surface area contributed by atoms with E-state index in [9.17, 15) is 19.5 Å². The van der Waals surface area contributed by atoms with Crippen molar-refractivity contribution in [3.05, 3.63) is 0 Å². The molecule has 2 unspecified atom stereocenters. The van der Waals surface area contributed by atoms with Gasteiger partial charge in [-0.25, -0.2) is 9.59 Å². The second kappa shape index (κ2) is 6.37. The summed E-state index contributed by atoms with van der Waals surface area (Å²) in [6.45, 7) is 1.62. The van der Waals surface area contributed by atoms with E-state index in [0.717, 1.165) is 4.90 Å². The Morgan fingerprint density at radius 3 is 2.53 bits per heavy atom. The molecule has 0 radical (unpaired) electrons. The lowest BCUT2D eigenvalue weighted by atomic mass is 10.2. The van der Waals surface area contributed by atoms with Gasteiger partial charge in [0.25, 0.3) is 0 Å². The van der Waals surface area contributed by atoms with Gasteiger partial charge in [0.1, 0.15) is 12.6 Å². The number of carbonyl (C=O) groups excluding carboxylic acids is 2. The van der Waals surface area contributed by atoms with Crippen molar-refractivity contribution < 1.29 is 29.3 Å². The fourth-order valence-electron chi connectivity index (χ4n) is 1.98. The Balaban J connectivity index is 2.78. The minimum atomic E-state index is -1.17. The van der Waals surface area contributed by atoms with Crippen LogP contribution in [0, 0.1) is 0 Å². The number of aliphatic hydroxyl groups excluding tert-OH is 1. The van der Waals surface area contributed by atoms with E-state index in [0.29, 0.717) is 0 Å². The molecule has 0 aliphatic carbocycles. The number of carboxylic acid groups (broad SMARTS) is 1. The smallest absolute Gasteiger partial charge is 0.326 e. The summed E-state index contributed by atoms with van der Waals surface area (Å²) in [5.41, 5.74) is 0. The number of aliphatic hydroxyl groups is 1. The maximum atomic E-state index is 12.2. The molecule has 2 N–H and O–H groups in total. The van der Waals surface area contributed by atoms with Crippen molar-refractivity contribution in [2.75, 3.05) is 26.7 Å². The summed E-state index contributed by atoms with van der Waals surface area (Å²) < 4.78 is 4.47. The van der Waals surface area contributed by atoms with Crippen LogP contribution in [0.1, 0.15) is 13.3 Å². The highest BCUT2D eigenvalue weighted by molar-refractivity contribution is 5.85. The molecule has 1 aliphatic rings. The van der Waals surface area contributed by atoms with Crippen molar-refractivity contribution >= 4 is 18.0 Å². The molecule has 2 atom stereocenters. The van der Waals surface area contributed by atoms with Gasteiger partial charge in [-0.15, -0.1) is 0 Å². The molecule has 0 aromatic rings. The molecular formula is C11H18N2O6. The van der Waals surface area contributed by atoms with Gasteiger partial charge >= 0.3 is 18.0 Å². The van der Waals surface area contributed by atoms with Crippen LogP contribution in [0.2, 0.25) is 0 Å². The van der Waals surface area contributed by atoms with Crippen LogP contribution in [0.3, 0.4) is 0 Å². The molecule has 0 saturated carbocycles. The van der Waals surface area contributed by atoms with Crippen molar-refractivity contribution in [2.24, 2.45) is 0 Å². The number of aliphatic carboxylic acids is 1. The van der Waals surface area contributed by atoms with Crippen LogP contribution in [0.15, 0.2) is 0 Å². The van der Waals surface area contributed by atoms with Gasteiger partial charge in [0.05, 0.1) is 13.2 Å². The quantitative estimate of drug-likeness (QED) is 0.645. The van der Waals surface area contributed by atoms with E-state index in [1.54, 1.807) is 6.92 Å². The number of hydrogen-bond donors (Lipinski definition) is 2. The van der Waals surface area contributed by atoms with Crippen molar-refractivity contribution in [3.63, 3.8) is 0 Å². The molecule has 0 aromatic heterocycles. The summed E-state index contributed by atoms with van der Waals surface area (Å²) in [7, 11) is 1.21. The molecule has 1 heterocycles. The van der Waals surface area contributed by atoms with E-state index < -0.39 is 30.1 Å². The molecule has 19 heavy (non-hydrogen) atoms. The van der Waals surface area contributed by atoms with Gasteiger partial charge in [0, 0.05) is 19.5 Å². The Morgan fingerprint density at radius 2 is 2.05 bits per heavy atom. The molecule has 0 spiro atoms. The second-order valence-electron chi connectivity index (χ2n) is 4.27. The normalized spacial score (nSPS) is 22.2. The summed E-state index contributed by atoms with van der Waals surface area (Å²) in [5.74, 6) is -1.75. The number of likely N-dealkylation sites (N-methyl/N-ethyl adjacent to an activating group) is 1. The zero-order chi connectivity index (χ0) is 14.6. The minimum Gasteiger partial charge on any atom is -0.480 e. The molecule has 108 valence electrons. The number of rotatable bonds is 4. The van der Waals surface area contributed by atoms with Crippen LogP contribution < -0.4 is 0 Å². The first kappa shape index (κ1) is 15.2. The SMILES string of the molecule is CCN(CC(=O)OC)C(=O)N1CC(O)CC1C(=O)O. The molecule has 8 heteroatoms. The second-order valence-corrected chi connectivity index (χ2v) is 4.27. The number of carboxylic acids is 1. The lowest BCUT2D eigenvalue weighted by Gasteiger charge is -2.28. The van der Waals surface area contributed by atoms with Gasteiger partial charge in [-0.1, -0.05) is 0 Å². The first-order valence-corrected chi connectivity index (χ1v) is 5.93. The summed E-state index contributed by atoms with van der Waals surface area (Å²) >= 11 is 0. The average Bonchev–Trinajstić information content (AvgIpc) is 2.77. The summed E-state index contributed by atoms with van der Waals surface area (Å²) in [6, 6.07) is -1.65. The highest BCUT2D eigenvalue weighted by Crippen LogP contribution is 2.20. The predicted octanol–water partition coefficient (Wildman–Crippen LogP) is -0.879. The predicted molar refractivity (Wildman–Crippen MR) is 63.4 cm³/mol. The van der Waals surface area contributed by atoms with Gasteiger partial charge in [0.15, 0.2) is 0 Å². The van der Waals surface area contributed by atoms with E-state index in [1.807, 2.05) is 0 Å². The van der Waals surface area contributed by atoms with Gasteiger partial charge in [-0.05, 0) is 6.92 Å². The molecule has 0 bridgehead atoms. The van der Waals surface area contributed by atoms with Gasteiger partial charge in [-0.3, -0.25) is 4.79 Å². The molecule has 1 rings (SSSR count). The summed E-state index contributed by atoms with van der Waals surface area (Å²) in [4.78, 5) is 36.6. The number of methoxy groups -OCH3 is 1. The van der Waals surface area contributed by atoms with E-state index in [2.05, 4.69) is 4.74 Å². The number of carbonyl (C=O) groups is 3. The highest BCUT2D eigenvalue weighted by atomic mass is 16.5. The lowest BCUT2D eigenvalue weighted by Crippen LogP contribution is -2.49. The Morgan fingerprint density at radius 1 is 1.42 bits per heavy atom. The van der Waals surface area contributed by atoms with Gasteiger partial charge in [-0.2, -0.15) is 0 Å². The highest BCUT2D eigenvalue weighted by Gasteiger charge is 2.40. The van der Waals surface area contributed by atoms with Crippen LogP contribution in [0.4, 0.5) is 4.79 Å². The molecule has 2 amide bonds. The third kappa shape index (κ3) is 3.57. The number of ether oxygens (including phenoxy) is 1. The third-order valence-electron chi connectivity index (χ3n) is 3.01. The van der Waals surface area contributed by atoms with Crippen LogP contribution in [0.5, 0.6) is 0 Å². The monoisotopic (exact) mass is 274 g/mol. The molecule has 0 aromatic carbocycles. The van der Waals surface area contributed by atoms with Crippen LogP contribution in [0.25, 0.3) is 0 Å². The van der Waals surface area contributed by atoms with Crippen LogP contribution >= 0.6 is 0 Å². The molecule has 1 fully saturated rings. The van der Waals surface area contributed by atoms with Gasteiger partial charge < -0.3 is 24.7 Å². The number of nitrogens with zero attached hydrogens (tertiary/aromatic N) is 2. The largest absolute Gasteiger partial charge is 0.480 e. The average molecular weight is 274 g/mol. The third-order valence-corrected chi connectivity index (χ3v) is 3.01. The molecule has 1 saturated heterocycles. The maximum absolute atomic E-state index is 12.2. The van der Waals surface area contributed by atoms with Crippen molar-refractivity contribution in [3.8, 4) is 0 Å². The number of amides is 2. The van der Waals surface area contributed by atoms with Crippen molar-refractivity contribution in [1.29, 1.82) is 0 Å². The van der Waals surface area contributed by atoms with Crippen LogP contribution in [-0.2, 0) is 14.3 Å². The zero-order valence-electron chi connectivity index (χ0n) is 10.9. The standard InChI is InChI=1S/C11H18N2O6/c1-3-12(6-9(15)19-2)11(18)13-5-7(14)4-8(13)10(16)17/h7-8,14H,3-6H2,1-2H3,(H,16,17). The first-order chi connectivity index (χ1) is 8.90. The van der Waals surface area contributed by atoms with E-state index in [-0.39, 0.29) is 26.1 Å². The Kier molecular flexibility index (Phi) is 5.11. The van der Waals surface area contributed by atoms with Crippen molar-refractivity contribution in [2.45, 2.75) is 25.5 Å². The Hall–Kier alpha value is -1.83. The van der Waals surface area contributed by atoms with Gasteiger partial charge in [0.2, 0.25) is 0 Å².